The molecule has 0 spiro atoms. The molecule has 9 heteroatoms. The van der Waals surface area contributed by atoms with Gasteiger partial charge >= 0.3 is 0 Å². The number of H-pyrrole nitrogens is 1. The zero-order valence-electron chi connectivity index (χ0n) is 21.7. The topological polar surface area (TPSA) is 93.2 Å². The van der Waals surface area contributed by atoms with Crippen molar-refractivity contribution >= 4 is 27.9 Å². The van der Waals surface area contributed by atoms with Crippen molar-refractivity contribution in [1.82, 2.24) is 24.3 Å². The van der Waals surface area contributed by atoms with Crippen LogP contribution in [0.4, 0.5) is 0 Å². The van der Waals surface area contributed by atoms with Crippen LogP contribution < -0.4 is 10.4 Å². The molecule has 0 amide bonds. The first kappa shape index (κ1) is 24.4. The van der Waals surface area contributed by atoms with Crippen molar-refractivity contribution in [1.29, 1.82) is 0 Å². The van der Waals surface area contributed by atoms with Crippen LogP contribution in [0.15, 0.2) is 100 Å². The lowest BCUT2D eigenvalue weighted by Gasteiger charge is -2.05. The molecule has 0 aliphatic rings. The molecule has 0 radical (unpaired) electrons. The molecule has 0 fully saturated rings. The lowest BCUT2D eigenvalue weighted by atomic mass is 10.1. The first-order valence-corrected chi connectivity index (χ1v) is 13.3. The minimum atomic E-state index is -0.195. The van der Waals surface area contributed by atoms with E-state index in [0.29, 0.717) is 21.0 Å². The fourth-order valence-electron chi connectivity index (χ4n) is 4.29. The first-order chi connectivity index (χ1) is 19.0. The van der Waals surface area contributed by atoms with Crippen LogP contribution in [0.2, 0.25) is 0 Å². The van der Waals surface area contributed by atoms with Crippen LogP contribution in [0.1, 0.15) is 22.5 Å². The van der Waals surface area contributed by atoms with E-state index in [1.807, 2.05) is 77.0 Å². The van der Waals surface area contributed by atoms with Crippen molar-refractivity contribution in [2.75, 3.05) is 0 Å². The molecule has 3 heterocycles. The van der Waals surface area contributed by atoms with E-state index in [2.05, 4.69) is 51.4 Å². The number of hydrogen-bond donors (Lipinski definition) is 1. The van der Waals surface area contributed by atoms with Gasteiger partial charge in [0.2, 0.25) is 4.80 Å². The molecule has 3 aromatic carbocycles. The summed E-state index contributed by atoms with van der Waals surface area (Å²) in [6.45, 7) is 5.86. The van der Waals surface area contributed by atoms with Crippen molar-refractivity contribution in [2.45, 2.75) is 20.8 Å². The van der Waals surface area contributed by atoms with E-state index >= 15 is 0 Å². The van der Waals surface area contributed by atoms with Gasteiger partial charge in [-0.05, 0) is 45.0 Å². The maximum atomic E-state index is 12.7. The van der Waals surface area contributed by atoms with Crippen molar-refractivity contribution in [3.63, 3.8) is 0 Å². The minimum Gasteiger partial charge on any atom is -0.309 e. The predicted octanol–water partition coefficient (Wildman–Crippen LogP) is 5.49. The van der Waals surface area contributed by atoms with Gasteiger partial charge in [-0.15, -0.1) is 5.10 Å². The zero-order valence-corrected chi connectivity index (χ0v) is 22.5. The molecule has 6 rings (SSSR count). The van der Waals surface area contributed by atoms with Gasteiger partial charge in [0, 0.05) is 17.3 Å². The monoisotopic (exact) mass is 531 g/mol. The van der Waals surface area contributed by atoms with E-state index in [-0.39, 0.29) is 5.56 Å². The highest BCUT2D eigenvalue weighted by Gasteiger charge is 2.14. The lowest BCUT2D eigenvalue weighted by molar-refractivity contribution is 0.884. The largest absolute Gasteiger partial charge is 0.309 e. The molecule has 0 saturated carbocycles. The van der Waals surface area contributed by atoms with Gasteiger partial charge in [-0.2, -0.15) is 10.2 Å². The molecule has 39 heavy (non-hydrogen) atoms. The second kappa shape index (κ2) is 10.1. The Morgan fingerprint density at radius 1 is 0.872 bits per heavy atom. The van der Waals surface area contributed by atoms with Crippen LogP contribution in [-0.2, 0) is 0 Å². The molecule has 0 atom stereocenters. The highest BCUT2D eigenvalue weighted by Crippen LogP contribution is 2.23. The normalized spacial score (nSPS) is 12.1. The van der Waals surface area contributed by atoms with Gasteiger partial charge < -0.3 is 4.98 Å². The molecule has 3 aromatic heterocycles. The number of fused-ring (bicyclic) bond motifs is 1. The molecule has 6 aromatic rings. The number of benzene rings is 3. The summed E-state index contributed by atoms with van der Waals surface area (Å²) < 4.78 is 4.20. The van der Waals surface area contributed by atoms with Crippen molar-refractivity contribution in [2.24, 2.45) is 10.2 Å². The van der Waals surface area contributed by atoms with E-state index in [1.165, 1.54) is 16.9 Å². The molecule has 0 aliphatic carbocycles. The summed E-state index contributed by atoms with van der Waals surface area (Å²) in [6, 6.07) is 26.2. The summed E-state index contributed by atoms with van der Waals surface area (Å²) in [5.41, 5.74) is 7.08. The van der Waals surface area contributed by atoms with E-state index in [1.54, 1.807) is 13.1 Å². The first-order valence-electron chi connectivity index (χ1n) is 12.4. The third-order valence-corrected chi connectivity index (χ3v) is 7.31. The Hall–Kier alpha value is -4.89. The molecule has 8 nitrogen and oxygen atoms in total. The molecular weight excluding hydrogens is 506 g/mol. The van der Waals surface area contributed by atoms with Crippen molar-refractivity contribution < 1.29 is 0 Å². The second-order valence-electron chi connectivity index (χ2n) is 9.28. The maximum absolute atomic E-state index is 12.7. The van der Waals surface area contributed by atoms with Crippen molar-refractivity contribution in [3.8, 4) is 22.6 Å². The minimum absolute atomic E-state index is 0.195. The molecule has 0 unspecified atom stereocenters. The summed E-state index contributed by atoms with van der Waals surface area (Å²) in [7, 11) is 0. The smallest absolute Gasteiger partial charge is 0.270 e. The van der Waals surface area contributed by atoms with Gasteiger partial charge in [-0.3, -0.25) is 9.36 Å². The number of rotatable bonds is 5. The third-order valence-electron chi connectivity index (χ3n) is 6.29. The molecule has 1 N–H and O–H groups in total. The van der Waals surface area contributed by atoms with Crippen LogP contribution >= 0.6 is 11.3 Å². The third kappa shape index (κ3) is 4.87. The molecule has 0 saturated heterocycles. The summed E-state index contributed by atoms with van der Waals surface area (Å²) in [6.07, 6.45) is 3.65. The average Bonchev–Trinajstić information content (AvgIpc) is 3.52. The highest BCUT2D eigenvalue weighted by atomic mass is 32.1. The zero-order chi connectivity index (χ0) is 26.9. The summed E-state index contributed by atoms with van der Waals surface area (Å²) >= 11 is 1.25. The second-order valence-corrected chi connectivity index (χ2v) is 10.3. The summed E-state index contributed by atoms with van der Waals surface area (Å²) in [5.74, 6) is 0.539. The van der Waals surface area contributed by atoms with Gasteiger partial charge in [0.15, 0.2) is 5.65 Å². The molecule has 0 bridgehead atoms. The predicted molar refractivity (Wildman–Crippen MR) is 156 cm³/mol. The van der Waals surface area contributed by atoms with Crippen LogP contribution in [0.5, 0.6) is 0 Å². The number of nitrogens with one attached hydrogen (secondary N) is 1. The average molecular weight is 532 g/mol. The number of para-hydroxylation sites is 1. The fourth-order valence-corrected chi connectivity index (χ4v) is 5.22. The number of nitrogens with zero attached hydrogens (tertiary/aromatic N) is 6. The summed E-state index contributed by atoms with van der Waals surface area (Å²) in [4.78, 5) is 20.7. The number of aromatic nitrogens is 5. The Labute approximate surface area is 228 Å². The van der Waals surface area contributed by atoms with Gasteiger partial charge in [0.1, 0.15) is 16.2 Å². The van der Waals surface area contributed by atoms with E-state index in [0.717, 1.165) is 33.8 Å². The fraction of sp³-hybridized carbons (Fsp3) is 0.100. The van der Waals surface area contributed by atoms with Gasteiger partial charge in [-0.1, -0.05) is 77.1 Å². The molecular formula is C30H25N7OS. The quantitative estimate of drug-likeness (QED) is 0.236. The Kier molecular flexibility index (Phi) is 6.34. The number of aromatic amines is 1. The molecule has 0 aliphatic heterocycles. The standard InChI is InChI=1S/C30H25N7OS/c1-19-9-13-22(14-10-19)26-23(18-36(35-26)24-7-5-4-6-8-24)17-31-34-30-37(25-15-11-20(2)12-16-25)28-27(39-30)29(38)33-21(3)32-28/h4-18H,1-3H3,(H,32,33,38)/b31-17+,34-30-. The van der Waals surface area contributed by atoms with Crippen LogP contribution in [-0.4, -0.2) is 30.5 Å². The van der Waals surface area contributed by atoms with Crippen LogP contribution in [0, 0.1) is 20.8 Å². The van der Waals surface area contributed by atoms with Crippen molar-refractivity contribution in [3.05, 3.63) is 123 Å². The van der Waals surface area contributed by atoms with Gasteiger partial charge in [-0.25, -0.2) is 9.67 Å². The van der Waals surface area contributed by atoms with Gasteiger partial charge in [0.05, 0.1) is 17.6 Å². The number of thiazole rings is 1. The Bertz CT molecular complexity index is 1940. The summed E-state index contributed by atoms with van der Waals surface area (Å²) in [5, 5.41) is 13.9. The number of hydrogen-bond acceptors (Lipinski definition) is 6. The highest BCUT2D eigenvalue weighted by molar-refractivity contribution is 7.16. The van der Waals surface area contributed by atoms with E-state index in [4.69, 9.17) is 5.10 Å². The van der Waals surface area contributed by atoms with Crippen LogP contribution in [0.3, 0.4) is 0 Å². The van der Waals surface area contributed by atoms with E-state index in [9.17, 15) is 4.79 Å². The van der Waals surface area contributed by atoms with E-state index < -0.39 is 0 Å². The Morgan fingerprint density at radius 2 is 1.56 bits per heavy atom. The van der Waals surface area contributed by atoms with Crippen LogP contribution in [0.25, 0.3) is 33.0 Å². The number of aryl methyl sites for hydroxylation is 3. The Balaban J connectivity index is 1.50. The molecule has 192 valence electrons. The SMILES string of the molecule is Cc1ccc(-c2nn(-c3ccccc3)cc2/C=N/N=c2\sc3c(=O)[nH]c(C)nc3n2-c2ccc(C)cc2)cc1. The maximum Gasteiger partial charge on any atom is 0.270 e. The Morgan fingerprint density at radius 3 is 2.28 bits per heavy atom. The van der Waals surface area contributed by atoms with Gasteiger partial charge in [0.25, 0.3) is 5.56 Å². The lowest BCUT2D eigenvalue weighted by Crippen LogP contribution is -2.14.